The number of hydrogen-bond donors (Lipinski definition) is 3. The van der Waals surface area contributed by atoms with Gasteiger partial charge in [-0.05, 0) is 37.0 Å². The van der Waals surface area contributed by atoms with E-state index < -0.39 is 5.91 Å². The molecular weight excluding hydrogens is 294 g/mol. The second kappa shape index (κ2) is 5.88. The summed E-state index contributed by atoms with van der Waals surface area (Å²) in [6.07, 6.45) is 2.89. The van der Waals surface area contributed by atoms with E-state index in [1.165, 1.54) is 16.2 Å². The highest BCUT2D eigenvalue weighted by molar-refractivity contribution is 7.80. The molecule has 2 amide bonds. The first-order valence-electron chi connectivity index (χ1n) is 6.46. The Hall–Kier alpha value is -1.47. The normalized spacial score (nSPS) is 13.2. The quantitative estimate of drug-likeness (QED) is 0.743. The molecule has 1 aromatic heterocycles. The minimum atomic E-state index is -0.454. The molecule has 2 rings (SSSR count). The minimum absolute atomic E-state index is 0.154. The third kappa shape index (κ3) is 2.99. The predicted molar refractivity (Wildman–Crippen MR) is 84.1 cm³/mol. The molecule has 5 nitrogen and oxygen atoms in total. The van der Waals surface area contributed by atoms with Gasteiger partial charge in [0.05, 0.1) is 5.56 Å². The molecule has 0 radical (unpaired) electrons. The van der Waals surface area contributed by atoms with E-state index in [1.807, 2.05) is 0 Å². The van der Waals surface area contributed by atoms with Crippen molar-refractivity contribution in [3.05, 3.63) is 16.0 Å². The molecule has 0 unspecified atom stereocenters. The van der Waals surface area contributed by atoms with Crippen molar-refractivity contribution in [3.63, 3.8) is 0 Å². The summed E-state index contributed by atoms with van der Waals surface area (Å²) in [6.45, 7) is 3.57. The van der Waals surface area contributed by atoms with Crippen LogP contribution in [0.2, 0.25) is 0 Å². The molecule has 0 fully saturated rings. The van der Waals surface area contributed by atoms with Gasteiger partial charge in [0.2, 0.25) is 5.91 Å². The highest BCUT2D eigenvalue weighted by atomic mass is 32.1. The Morgan fingerprint density at radius 2 is 2.05 bits per heavy atom. The van der Waals surface area contributed by atoms with Gasteiger partial charge in [-0.25, -0.2) is 0 Å². The smallest absolute Gasteiger partial charge is 0.251 e. The summed E-state index contributed by atoms with van der Waals surface area (Å²) < 4.78 is 0. The molecule has 0 aliphatic heterocycles. The van der Waals surface area contributed by atoms with Crippen molar-refractivity contribution in [2.75, 3.05) is 5.32 Å². The van der Waals surface area contributed by atoms with Crippen LogP contribution in [-0.4, -0.2) is 16.9 Å². The lowest BCUT2D eigenvalue weighted by Crippen LogP contribution is -2.36. The van der Waals surface area contributed by atoms with Crippen LogP contribution in [0, 0.1) is 5.92 Å². The summed E-state index contributed by atoms with van der Waals surface area (Å²) >= 11 is 6.59. The standard InChI is InChI=1S/C13H17N3O2S2/c1-6(2)11(18)15-13(19)16-12-9(10(14)17)7-4-3-5-8(7)20-12/h6H,3-5H2,1-2H3,(H2,14,17)(H2,15,16,18,19). The number of rotatable bonds is 3. The molecule has 7 heteroatoms. The van der Waals surface area contributed by atoms with Gasteiger partial charge in [-0.3, -0.25) is 9.59 Å². The summed E-state index contributed by atoms with van der Waals surface area (Å²) in [7, 11) is 0. The van der Waals surface area contributed by atoms with Crippen LogP contribution < -0.4 is 16.4 Å². The van der Waals surface area contributed by atoms with Gasteiger partial charge in [0.15, 0.2) is 5.11 Å². The molecule has 4 N–H and O–H groups in total. The number of primary amides is 1. The summed E-state index contributed by atoms with van der Waals surface area (Å²) in [6, 6.07) is 0. The van der Waals surface area contributed by atoms with Gasteiger partial charge in [-0.2, -0.15) is 0 Å². The number of carbonyl (C=O) groups is 2. The van der Waals surface area contributed by atoms with Crippen LogP contribution in [0.4, 0.5) is 5.00 Å². The van der Waals surface area contributed by atoms with Gasteiger partial charge in [0.1, 0.15) is 5.00 Å². The summed E-state index contributed by atoms with van der Waals surface area (Å²) in [4.78, 5) is 24.4. The molecule has 0 aromatic carbocycles. The van der Waals surface area contributed by atoms with Crippen LogP contribution in [0.15, 0.2) is 0 Å². The first kappa shape index (κ1) is 14.9. The first-order valence-corrected chi connectivity index (χ1v) is 7.68. The molecule has 1 aliphatic rings. The van der Waals surface area contributed by atoms with E-state index in [-0.39, 0.29) is 16.9 Å². The fourth-order valence-corrected chi connectivity index (χ4v) is 3.71. The Morgan fingerprint density at radius 3 is 2.65 bits per heavy atom. The maximum atomic E-state index is 11.6. The van der Waals surface area contributed by atoms with Crippen LogP contribution in [0.5, 0.6) is 0 Å². The molecule has 1 aliphatic carbocycles. The number of hydrogen-bond acceptors (Lipinski definition) is 4. The van der Waals surface area contributed by atoms with E-state index in [0.717, 1.165) is 24.8 Å². The van der Waals surface area contributed by atoms with Crippen LogP contribution >= 0.6 is 23.6 Å². The second-order valence-corrected chi connectivity index (χ2v) is 6.54. The van der Waals surface area contributed by atoms with E-state index in [4.69, 9.17) is 18.0 Å². The number of anilines is 1. The van der Waals surface area contributed by atoms with Gasteiger partial charge >= 0.3 is 0 Å². The lowest BCUT2D eigenvalue weighted by atomic mass is 10.1. The Kier molecular flexibility index (Phi) is 4.39. The molecule has 0 atom stereocenters. The van der Waals surface area contributed by atoms with Crippen molar-refractivity contribution in [1.82, 2.24) is 5.32 Å². The predicted octanol–water partition coefficient (Wildman–Crippen LogP) is 1.80. The highest BCUT2D eigenvalue weighted by Crippen LogP contribution is 2.38. The summed E-state index contributed by atoms with van der Waals surface area (Å²) in [5.74, 6) is -0.768. The number of amides is 2. The Labute approximate surface area is 126 Å². The zero-order valence-corrected chi connectivity index (χ0v) is 13.0. The van der Waals surface area contributed by atoms with Gasteiger partial charge in [0, 0.05) is 10.8 Å². The molecule has 0 saturated carbocycles. The maximum absolute atomic E-state index is 11.6. The van der Waals surface area contributed by atoms with E-state index in [9.17, 15) is 9.59 Å². The van der Waals surface area contributed by atoms with Crippen LogP contribution in [0.3, 0.4) is 0 Å². The average molecular weight is 311 g/mol. The van der Waals surface area contributed by atoms with Gasteiger partial charge in [0.25, 0.3) is 5.91 Å². The molecule has 0 bridgehead atoms. The van der Waals surface area contributed by atoms with E-state index in [2.05, 4.69) is 10.6 Å². The first-order chi connectivity index (χ1) is 9.40. The van der Waals surface area contributed by atoms with Crippen molar-refractivity contribution in [2.45, 2.75) is 33.1 Å². The number of thiophene rings is 1. The monoisotopic (exact) mass is 311 g/mol. The molecule has 0 spiro atoms. The molecule has 1 aromatic rings. The highest BCUT2D eigenvalue weighted by Gasteiger charge is 2.25. The van der Waals surface area contributed by atoms with Gasteiger partial charge in [-0.15, -0.1) is 11.3 Å². The van der Waals surface area contributed by atoms with Crippen molar-refractivity contribution >= 4 is 45.5 Å². The summed E-state index contributed by atoms with van der Waals surface area (Å²) in [5, 5.41) is 6.35. The molecule has 108 valence electrons. The van der Waals surface area contributed by atoms with Crippen LogP contribution in [0.1, 0.15) is 41.1 Å². The Balaban J connectivity index is 2.16. The number of nitrogens with two attached hydrogens (primary N) is 1. The third-order valence-electron chi connectivity index (χ3n) is 3.16. The van der Waals surface area contributed by atoms with Gasteiger partial charge in [-0.1, -0.05) is 13.8 Å². The molecular formula is C13H17N3O2S2. The Morgan fingerprint density at radius 1 is 1.35 bits per heavy atom. The second-order valence-electron chi connectivity index (χ2n) is 5.02. The number of nitrogens with one attached hydrogen (secondary N) is 2. The average Bonchev–Trinajstić information content (AvgIpc) is 2.87. The largest absolute Gasteiger partial charge is 0.365 e. The van der Waals surface area contributed by atoms with E-state index >= 15 is 0 Å². The molecule has 20 heavy (non-hydrogen) atoms. The van der Waals surface area contributed by atoms with E-state index in [0.29, 0.717) is 10.6 Å². The fraction of sp³-hybridized carbons (Fsp3) is 0.462. The van der Waals surface area contributed by atoms with Gasteiger partial charge < -0.3 is 16.4 Å². The third-order valence-corrected chi connectivity index (χ3v) is 4.57. The summed E-state index contributed by atoms with van der Waals surface area (Å²) in [5.41, 5.74) is 7.00. The maximum Gasteiger partial charge on any atom is 0.251 e. The SMILES string of the molecule is CC(C)C(=O)NC(=S)Nc1sc2c(c1C(N)=O)CCC2. The topological polar surface area (TPSA) is 84.2 Å². The molecule has 1 heterocycles. The van der Waals surface area contributed by atoms with Crippen molar-refractivity contribution < 1.29 is 9.59 Å². The number of aryl methyl sites for hydroxylation is 1. The lowest BCUT2D eigenvalue weighted by molar-refractivity contribution is -0.122. The number of fused-ring (bicyclic) bond motifs is 1. The number of carbonyl (C=O) groups excluding carboxylic acids is 2. The van der Waals surface area contributed by atoms with E-state index in [1.54, 1.807) is 13.8 Å². The van der Waals surface area contributed by atoms with Crippen molar-refractivity contribution in [2.24, 2.45) is 11.7 Å². The van der Waals surface area contributed by atoms with Crippen LogP contribution in [-0.2, 0) is 17.6 Å². The fourth-order valence-electron chi connectivity index (χ4n) is 2.14. The van der Waals surface area contributed by atoms with Crippen LogP contribution in [0.25, 0.3) is 0 Å². The zero-order chi connectivity index (χ0) is 14.9. The molecule has 0 saturated heterocycles. The van der Waals surface area contributed by atoms with Crippen molar-refractivity contribution in [3.8, 4) is 0 Å². The lowest BCUT2D eigenvalue weighted by Gasteiger charge is -2.11. The number of thiocarbonyl (C=S) groups is 1. The minimum Gasteiger partial charge on any atom is -0.365 e. The Bertz CT molecular complexity index is 578. The zero-order valence-electron chi connectivity index (χ0n) is 11.4. The van der Waals surface area contributed by atoms with Crippen molar-refractivity contribution in [1.29, 1.82) is 0 Å².